The maximum atomic E-state index is 13.9. The van der Waals surface area contributed by atoms with Crippen LogP contribution >= 0.6 is 0 Å². The fraction of sp³-hybridized carbons (Fsp3) is 0.304. The van der Waals surface area contributed by atoms with E-state index in [9.17, 15) is 9.18 Å². The Hall–Kier alpha value is -3.15. The Balaban J connectivity index is 1.59. The van der Waals surface area contributed by atoms with Gasteiger partial charge in [-0.05, 0) is 42.0 Å². The number of aromatic nitrogens is 3. The monoisotopic (exact) mass is 390 g/mol. The third-order valence-corrected chi connectivity index (χ3v) is 5.26. The van der Waals surface area contributed by atoms with Gasteiger partial charge in [-0.3, -0.25) is 9.78 Å². The third-order valence-electron chi connectivity index (χ3n) is 5.26. The molecule has 2 heterocycles. The number of fused-ring (bicyclic) bond motifs is 1. The van der Waals surface area contributed by atoms with Gasteiger partial charge in [0.15, 0.2) is 5.82 Å². The van der Waals surface area contributed by atoms with Gasteiger partial charge in [-0.1, -0.05) is 32.0 Å². The predicted octanol–water partition coefficient (Wildman–Crippen LogP) is 4.05. The molecule has 5 nitrogen and oxygen atoms in total. The highest BCUT2D eigenvalue weighted by Gasteiger charge is 2.34. The molecule has 29 heavy (non-hydrogen) atoms. The summed E-state index contributed by atoms with van der Waals surface area (Å²) in [6.45, 7) is 4.33. The number of amides is 1. The first-order valence-electron chi connectivity index (χ1n) is 9.70. The van der Waals surface area contributed by atoms with Crippen molar-refractivity contribution in [1.29, 1.82) is 0 Å². The number of hydrogen-bond acceptors (Lipinski definition) is 4. The van der Waals surface area contributed by atoms with Gasteiger partial charge in [0.05, 0.1) is 18.2 Å². The zero-order valence-electron chi connectivity index (χ0n) is 16.5. The summed E-state index contributed by atoms with van der Waals surface area (Å²) in [5, 5.41) is 3.07. The van der Waals surface area contributed by atoms with E-state index in [2.05, 4.69) is 29.1 Å². The molecule has 148 valence electrons. The fourth-order valence-electron chi connectivity index (χ4n) is 3.88. The molecule has 3 aromatic rings. The lowest BCUT2D eigenvalue weighted by atomic mass is 9.74. The summed E-state index contributed by atoms with van der Waals surface area (Å²) >= 11 is 0. The number of hydrogen-bond donors (Lipinski definition) is 1. The zero-order chi connectivity index (χ0) is 20.4. The number of carbonyl (C=O) groups is 1. The van der Waals surface area contributed by atoms with Crippen molar-refractivity contribution in [2.75, 3.05) is 0 Å². The Morgan fingerprint density at radius 3 is 2.72 bits per heavy atom. The van der Waals surface area contributed by atoms with Gasteiger partial charge in [0.2, 0.25) is 5.91 Å². The molecule has 4 rings (SSSR count). The predicted molar refractivity (Wildman–Crippen MR) is 108 cm³/mol. The van der Waals surface area contributed by atoms with Crippen LogP contribution in [0.15, 0.2) is 55.0 Å². The van der Waals surface area contributed by atoms with Gasteiger partial charge < -0.3 is 5.32 Å². The highest BCUT2D eigenvalue weighted by atomic mass is 19.1. The molecular weight excluding hydrogens is 367 g/mol. The first kappa shape index (κ1) is 19.2. The summed E-state index contributed by atoms with van der Waals surface area (Å²) in [6, 6.07) is 9.92. The Kier molecular flexibility index (Phi) is 5.09. The summed E-state index contributed by atoms with van der Waals surface area (Å²) in [5.74, 6) is 0.0830. The Morgan fingerprint density at radius 2 is 1.97 bits per heavy atom. The highest BCUT2D eigenvalue weighted by molar-refractivity contribution is 5.79. The number of nitrogens with zero attached hydrogens (tertiary/aromatic N) is 3. The molecule has 0 aliphatic heterocycles. The van der Waals surface area contributed by atoms with E-state index in [1.165, 1.54) is 6.07 Å². The van der Waals surface area contributed by atoms with Crippen molar-refractivity contribution >= 4 is 5.91 Å². The van der Waals surface area contributed by atoms with Gasteiger partial charge in [-0.2, -0.15) is 0 Å². The molecule has 0 saturated carbocycles. The highest BCUT2D eigenvalue weighted by Crippen LogP contribution is 2.40. The molecule has 1 N–H and O–H groups in total. The number of nitrogens with one attached hydrogen (secondary N) is 1. The Morgan fingerprint density at radius 1 is 1.21 bits per heavy atom. The van der Waals surface area contributed by atoms with E-state index in [0.717, 1.165) is 29.7 Å². The largest absolute Gasteiger partial charge is 0.349 e. The molecule has 2 aromatic heterocycles. The molecular formula is C23H23FN4O. The SMILES string of the molecule is CC1(C)Cc2nc(-c3ccncc3)ncc2C(NC(=O)Cc2ccccc2F)C1. The maximum absolute atomic E-state index is 13.9. The maximum Gasteiger partial charge on any atom is 0.225 e. The minimum atomic E-state index is -0.364. The van der Waals surface area contributed by atoms with Crippen LogP contribution in [0.4, 0.5) is 4.39 Å². The van der Waals surface area contributed by atoms with Crippen molar-refractivity contribution in [3.8, 4) is 11.4 Å². The van der Waals surface area contributed by atoms with Crippen LogP contribution in [0.5, 0.6) is 0 Å². The van der Waals surface area contributed by atoms with E-state index >= 15 is 0 Å². The molecule has 0 fully saturated rings. The lowest BCUT2D eigenvalue weighted by Gasteiger charge is -2.36. The summed E-state index contributed by atoms with van der Waals surface area (Å²) in [5.41, 5.74) is 3.16. The van der Waals surface area contributed by atoms with Crippen molar-refractivity contribution in [3.05, 3.63) is 77.6 Å². The second kappa shape index (κ2) is 7.70. The molecule has 1 amide bonds. The van der Waals surface area contributed by atoms with Crippen LogP contribution in [0, 0.1) is 11.2 Å². The molecule has 0 spiro atoms. The quantitative estimate of drug-likeness (QED) is 0.730. The van der Waals surface area contributed by atoms with Crippen LogP contribution in [0.25, 0.3) is 11.4 Å². The number of carbonyl (C=O) groups excluding carboxylic acids is 1. The van der Waals surface area contributed by atoms with Crippen LogP contribution < -0.4 is 5.32 Å². The van der Waals surface area contributed by atoms with E-state index in [-0.39, 0.29) is 29.6 Å². The molecule has 6 heteroatoms. The molecule has 0 radical (unpaired) electrons. The second-order valence-electron chi connectivity index (χ2n) is 8.26. The fourth-order valence-corrected chi connectivity index (χ4v) is 3.88. The topological polar surface area (TPSA) is 67.8 Å². The van der Waals surface area contributed by atoms with E-state index in [1.54, 1.807) is 36.8 Å². The molecule has 1 atom stereocenters. The van der Waals surface area contributed by atoms with Crippen molar-refractivity contribution in [1.82, 2.24) is 20.3 Å². The van der Waals surface area contributed by atoms with E-state index < -0.39 is 0 Å². The van der Waals surface area contributed by atoms with Gasteiger partial charge in [0.1, 0.15) is 5.82 Å². The Labute approximate surface area is 169 Å². The lowest BCUT2D eigenvalue weighted by molar-refractivity contribution is -0.121. The van der Waals surface area contributed by atoms with Crippen molar-refractivity contribution in [3.63, 3.8) is 0 Å². The van der Waals surface area contributed by atoms with E-state index in [1.807, 2.05) is 12.1 Å². The van der Waals surface area contributed by atoms with E-state index in [4.69, 9.17) is 4.98 Å². The molecule has 1 aliphatic rings. The zero-order valence-corrected chi connectivity index (χ0v) is 16.5. The number of rotatable bonds is 4. The summed E-state index contributed by atoms with van der Waals surface area (Å²) < 4.78 is 13.9. The van der Waals surface area contributed by atoms with Crippen molar-refractivity contribution in [2.24, 2.45) is 5.41 Å². The van der Waals surface area contributed by atoms with Crippen molar-refractivity contribution < 1.29 is 9.18 Å². The van der Waals surface area contributed by atoms with Gasteiger partial charge in [0, 0.05) is 29.7 Å². The number of benzene rings is 1. The van der Waals surface area contributed by atoms with Gasteiger partial charge >= 0.3 is 0 Å². The smallest absolute Gasteiger partial charge is 0.225 e. The lowest BCUT2D eigenvalue weighted by Crippen LogP contribution is -2.38. The summed E-state index contributed by atoms with van der Waals surface area (Å²) in [6.07, 6.45) is 6.83. The molecule has 1 aliphatic carbocycles. The van der Waals surface area contributed by atoms with Gasteiger partial charge in [-0.25, -0.2) is 14.4 Å². The average Bonchev–Trinajstić information content (AvgIpc) is 2.69. The minimum absolute atomic E-state index is 0.00882. The first-order valence-corrected chi connectivity index (χ1v) is 9.70. The summed E-state index contributed by atoms with van der Waals surface area (Å²) in [4.78, 5) is 26.0. The average molecular weight is 390 g/mol. The molecule has 1 aromatic carbocycles. The van der Waals surface area contributed by atoms with Crippen LogP contribution in [-0.4, -0.2) is 20.9 Å². The molecule has 0 saturated heterocycles. The third kappa shape index (κ3) is 4.31. The standard InChI is InChI=1S/C23H23FN4O/c1-23(2)12-19(27-21(29)11-16-5-3-4-6-18(16)24)17-14-26-22(28-20(17)13-23)15-7-9-25-10-8-15/h3-10,14,19H,11-13H2,1-2H3,(H,27,29). The molecule has 0 bridgehead atoms. The van der Waals surface area contributed by atoms with Crippen LogP contribution in [0.1, 0.15) is 43.1 Å². The second-order valence-corrected chi connectivity index (χ2v) is 8.26. The summed E-state index contributed by atoms with van der Waals surface area (Å²) in [7, 11) is 0. The first-order chi connectivity index (χ1) is 13.9. The number of pyridine rings is 1. The van der Waals surface area contributed by atoms with E-state index in [0.29, 0.717) is 11.4 Å². The number of halogens is 1. The van der Waals surface area contributed by atoms with Crippen LogP contribution in [0.2, 0.25) is 0 Å². The normalized spacial score (nSPS) is 17.4. The van der Waals surface area contributed by atoms with Crippen LogP contribution in [0.3, 0.4) is 0 Å². The van der Waals surface area contributed by atoms with Gasteiger partial charge in [-0.15, -0.1) is 0 Å². The van der Waals surface area contributed by atoms with Gasteiger partial charge in [0.25, 0.3) is 0 Å². The Bertz CT molecular complexity index is 1040. The van der Waals surface area contributed by atoms with Crippen LogP contribution in [-0.2, 0) is 17.6 Å². The molecule has 1 unspecified atom stereocenters. The van der Waals surface area contributed by atoms with Crippen molar-refractivity contribution in [2.45, 2.75) is 39.2 Å². The minimum Gasteiger partial charge on any atom is -0.349 e.